The Hall–Kier alpha value is -2.13. The molecule has 126 valence electrons. The van der Waals surface area contributed by atoms with E-state index >= 15 is 0 Å². The highest BCUT2D eigenvalue weighted by Crippen LogP contribution is 2.23. The van der Waals surface area contributed by atoms with Gasteiger partial charge in [-0.3, -0.25) is 9.08 Å². The number of nitrogens with zero attached hydrogens (tertiary/aromatic N) is 1. The first-order valence-electron chi connectivity index (χ1n) is 6.84. The average molecular weight is 343 g/mol. The van der Waals surface area contributed by atoms with Gasteiger partial charge in [-0.05, 0) is 5.56 Å². The highest BCUT2D eigenvalue weighted by atomic mass is 32.2. The third kappa shape index (κ3) is 4.93. The van der Waals surface area contributed by atoms with Crippen molar-refractivity contribution >= 4 is 22.2 Å². The molecule has 2 atom stereocenters. The van der Waals surface area contributed by atoms with E-state index in [1.165, 1.54) is 0 Å². The van der Waals surface area contributed by atoms with Crippen LogP contribution in [0.25, 0.3) is 0 Å². The quantitative estimate of drug-likeness (QED) is 0.622. The van der Waals surface area contributed by atoms with Gasteiger partial charge in [0.15, 0.2) is 0 Å². The fourth-order valence-corrected chi connectivity index (χ4v) is 3.01. The summed E-state index contributed by atoms with van der Waals surface area (Å²) in [6, 6.07) is 7.86. The normalized spacial score (nSPS) is 21.2. The third-order valence-electron chi connectivity index (χ3n) is 3.32. The van der Waals surface area contributed by atoms with Crippen LogP contribution in [0.5, 0.6) is 0 Å². The summed E-state index contributed by atoms with van der Waals surface area (Å²) in [5.74, 6) is -0.726. The monoisotopic (exact) mass is 343 g/mol. The lowest BCUT2D eigenvalue weighted by molar-refractivity contribution is -0.149. The van der Waals surface area contributed by atoms with Gasteiger partial charge in [0.2, 0.25) is 0 Å². The maximum Gasteiger partial charge on any atom is 0.408 e. The zero-order valence-corrected chi connectivity index (χ0v) is 13.2. The first-order chi connectivity index (χ1) is 10.8. The predicted molar refractivity (Wildman–Crippen MR) is 79.1 cm³/mol. The van der Waals surface area contributed by atoms with Crippen LogP contribution in [0.1, 0.15) is 12.0 Å². The summed E-state index contributed by atoms with van der Waals surface area (Å²) >= 11 is 0. The van der Waals surface area contributed by atoms with Crippen molar-refractivity contribution in [3.8, 4) is 0 Å². The van der Waals surface area contributed by atoms with Gasteiger partial charge in [-0.2, -0.15) is 8.42 Å². The Morgan fingerprint density at radius 1 is 1.30 bits per heavy atom. The summed E-state index contributed by atoms with van der Waals surface area (Å²) in [5, 5.41) is 9.15. The maximum atomic E-state index is 12.1. The molecule has 0 aliphatic carbocycles. The van der Waals surface area contributed by atoms with E-state index in [1.54, 1.807) is 24.3 Å². The van der Waals surface area contributed by atoms with E-state index < -0.39 is 34.3 Å². The van der Waals surface area contributed by atoms with Crippen molar-refractivity contribution in [3.05, 3.63) is 35.9 Å². The lowest BCUT2D eigenvalue weighted by atomic mass is 10.2. The molecule has 1 N–H and O–H groups in total. The molecular formula is C14H17NO7S. The molecule has 1 heterocycles. The Morgan fingerprint density at radius 3 is 2.52 bits per heavy atom. The number of esters is 1. The van der Waals surface area contributed by atoms with Crippen molar-refractivity contribution in [1.29, 1.82) is 0 Å². The standard InChI is InChI=1S/C14H17NO7S/c1-23(19,20)22-11-7-12(15(8-11)14(17)18)13(16)21-9-10-5-3-2-4-6-10/h2-6,11-12H,7-9H2,1H3,(H,17,18)/t11-,12-/m1/s1. The lowest BCUT2D eigenvalue weighted by Crippen LogP contribution is -2.40. The molecule has 0 unspecified atom stereocenters. The molecule has 1 aromatic rings. The molecule has 1 aliphatic heterocycles. The summed E-state index contributed by atoms with van der Waals surface area (Å²) in [5.41, 5.74) is 0.768. The van der Waals surface area contributed by atoms with E-state index in [1.807, 2.05) is 6.07 Å². The van der Waals surface area contributed by atoms with E-state index in [9.17, 15) is 18.0 Å². The molecule has 0 saturated carbocycles. The number of carbonyl (C=O) groups is 2. The Balaban J connectivity index is 2.00. The second-order valence-corrected chi connectivity index (χ2v) is 6.80. The summed E-state index contributed by atoms with van der Waals surface area (Å²) in [7, 11) is -3.73. The lowest BCUT2D eigenvalue weighted by Gasteiger charge is -2.19. The highest BCUT2D eigenvalue weighted by Gasteiger charge is 2.42. The minimum absolute atomic E-state index is 0.0151. The minimum Gasteiger partial charge on any atom is -0.465 e. The Bertz CT molecular complexity index is 674. The SMILES string of the molecule is CS(=O)(=O)O[C@@H]1C[C@H](C(=O)OCc2ccccc2)N(C(=O)O)C1. The molecule has 0 bridgehead atoms. The summed E-state index contributed by atoms with van der Waals surface area (Å²) in [4.78, 5) is 24.2. The minimum atomic E-state index is -3.73. The van der Waals surface area contributed by atoms with E-state index in [0.717, 1.165) is 16.7 Å². The van der Waals surface area contributed by atoms with Crippen LogP contribution in [0.15, 0.2) is 30.3 Å². The molecule has 9 heteroatoms. The van der Waals surface area contributed by atoms with Gasteiger partial charge in [0, 0.05) is 6.42 Å². The number of benzene rings is 1. The second kappa shape index (κ2) is 6.97. The molecule has 8 nitrogen and oxygen atoms in total. The van der Waals surface area contributed by atoms with E-state index in [-0.39, 0.29) is 19.6 Å². The zero-order chi connectivity index (χ0) is 17.0. The zero-order valence-electron chi connectivity index (χ0n) is 12.4. The molecule has 1 amide bonds. The fraction of sp³-hybridized carbons (Fsp3) is 0.429. The van der Waals surface area contributed by atoms with Gasteiger partial charge in [0.25, 0.3) is 10.1 Å². The van der Waals surface area contributed by atoms with Crippen LogP contribution in [-0.4, -0.2) is 55.4 Å². The van der Waals surface area contributed by atoms with E-state index in [4.69, 9.17) is 14.0 Å². The molecule has 1 fully saturated rings. The number of likely N-dealkylation sites (tertiary alicyclic amines) is 1. The van der Waals surface area contributed by atoms with Gasteiger partial charge in [0.1, 0.15) is 12.6 Å². The van der Waals surface area contributed by atoms with Crippen molar-refractivity contribution in [2.75, 3.05) is 12.8 Å². The smallest absolute Gasteiger partial charge is 0.408 e. The van der Waals surface area contributed by atoms with Crippen LogP contribution in [0, 0.1) is 0 Å². The van der Waals surface area contributed by atoms with Gasteiger partial charge in [-0.15, -0.1) is 0 Å². The third-order valence-corrected chi connectivity index (χ3v) is 3.94. The molecule has 1 aromatic carbocycles. The van der Waals surface area contributed by atoms with Crippen molar-refractivity contribution in [2.45, 2.75) is 25.2 Å². The van der Waals surface area contributed by atoms with Gasteiger partial charge in [0.05, 0.1) is 18.9 Å². The molecule has 0 aromatic heterocycles. The number of hydrogen-bond acceptors (Lipinski definition) is 6. The number of amides is 1. The van der Waals surface area contributed by atoms with Gasteiger partial charge >= 0.3 is 12.1 Å². The van der Waals surface area contributed by atoms with Crippen LogP contribution in [0.3, 0.4) is 0 Å². The molecule has 1 saturated heterocycles. The number of carbonyl (C=O) groups excluding carboxylic acids is 1. The van der Waals surface area contributed by atoms with Gasteiger partial charge < -0.3 is 9.84 Å². The van der Waals surface area contributed by atoms with E-state index in [2.05, 4.69) is 0 Å². The Morgan fingerprint density at radius 2 is 1.96 bits per heavy atom. The van der Waals surface area contributed by atoms with Crippen molar-refractivity contribution in [3.63, 3.8) is 0 Å². The molecular weight excluding hydrogens is 326 g/mol. The predicted octanol–water partition coefficient (Wildman–Crippen LogP) is 0.827. The molecule has 1 aliphatic rings. The van der Waals surface area contributed by atoms with Crippen LogP contribution in [-0.2, 0) is 30.4 Å². The molecule has 2 rings (SSSR count). The Labute approximate surface area is 133 Å². The molecule has 0 spiro atoms. The van der Waals surface area contributed by atoms with Crippen molar-refractivity contribution in [1.82, 2.24) is 4.90 Å². The number of carboxylic acid groups (broad SMARTS) is 1. The second-order valence-electron chi connectivity index (χ2n) is 5.20. The highest BCUT2D eigenvalue weighted by molar-refractivity contribution is 7.86. The summed E-state index contributed by atoms with van der Waals surface area (Å²) in [6.07, 6.45) is -1.41. The van der Waals surface area contributed by atoms with E-state index in [0.29, 0.717) is 0 Å². The Kier molecular flexibility index (Phi) is 5.22. The molecule has 23 heavy (non-hydrogen) atoms. The summed E-state index contributed by atoms with van der Waals surface area (Å²) in [6.45, 7) is -0.186. The van der Waals surface area contributed by atoms with Crippen molar-refractivity contribution in [2.24, 2.45) is 0 Å². The first kappa shape index (κ1) is 17.2. The van der Waals surface area contributed by atoms with Crippen LogP contribution < -0.4 is 0 Å². The topological polar surface area (TPSA) is 110 Å². The van der Waals surface area contributed by atoms with Gasteiger partial charge in [-0.25, -0.2) is 9.59 Å². The van der Waals surface area contributed by atoms with Crippen LogP contribution in [0.4, 0.5) is 4.79 Å². The number of rotatable bonds is 5. The van der Waals surface area contributed by atoms with Crippen molar-refractivity contribution < 1.29 is 32.0 Å². The number of hydrogen-bond donors (Lipinski definition) is 1. The summed E-state index contributed by atoms with van der Waals surface area (Å²) < 4.78 is 32.2. The molecule has 0 radical (unpaired) electrons. The van der Waals surface area contributed by atoms with Crippen LogP contribution in [0.2, 0.25) is 0 Å². The number of ether oxygens (including phenoxy) is 1. The fourth-order valence-electron chi connectivity index (χ4n) is 2.37. The van der Waals surface area contributed by atoms with Crippen LogP contribution >= 0.6 is 0 Å². The largest absolute Gasteiger partial charge is 0.465 e. The first-order valence-corrected chi connectivity index (χ1v) is 8.66. The van der Waals surface area contributed by atoms with Gasteiger partial charge in [-0.1, -0.05) is 30.3 Å². The maximum absolute atomic E-state index is 12.1. The average Bonchev–Trinajstić information content (AvgIpc) is 2.88.